The van der Waals surface area contributed by atoms with Gasteiger partial charge in [-0.1, -0.05) is 6.07 Å². The minimum absolute atomic E-state index is 0.530. The van der Waals surface area contributed by atoms with Crippen LogP contribution in [0.1, 0.15) is 41.4 Å². The van der Waals surface area contributed by atoms with Gasteiger partial charge in [0.1, 0.15) is 5.82 Å². The summed E-state index contributed by atoms with van der Waals surface area (Å²) in [4.78, 5) is 11.8. The molecule has 1 aliphatic heterocycles. The number of anilines is 1. The van der Waals surface area contributed by atoms with E-state index < -0.39 is 0 Å². The summed E-state index contributed by atoms with van der Waals surface area (Å²) in [5.41, 5.74) is 5.62. The zero-order chi connectivity index (χ0) is 18.1. The summed E-state index contributed by atoms with van der Waals surface area (Å²) in [7, 11) is 1.93. The number of likely N-dealkylation sites (tertiary alicyclic amines) is 1. The van der Waals surface area contributed by atoms with Gasteiger partial charge in [0.05, 0.1) is 5.69 Å². The molecule has 1 fully saturated rings. The number of aryl methyl sites for hydroxylation is 2. The van der Waals surface area contributed by atoms with E-state index >= 15 is 0 Å². The first-order valence-electron chi connectivity index (χ1n) is 9.32. The van der Waals surface area contributed by atoms with Crippen molar-refractivity contribution in [2.45, 2.75) is 39.2 Å². The summed E-state index contributed by atoms with van der Waals surface area (Å²) in [6.45, 7) is 7.26. The number of nitrogens with zero attached hydrogens (tertiary/aromatic N) is 5. The van der Waals surface area contributed by atoms with Gasteiger partial charge in [0.15, 0.2) is 5.65 Å². The molecule has 6 nitrogen and oxygen atoms in total. The van der Waals surface area contributed by atoms with Gasteiger partial charge >= 0.3 is 0 Å². The molecule has 136 valence electrons. The molecule has 26 heavy (non-hydrogen) atoms. The first-order valence-corrected chi connectivity index (χ1v) is 9.32. The number of hydrogen-bond donors (Lipinski definition) is 1. The molecule has 1 N–H and O–H groups in total. The summed E-state index contributed by atoms with van der Waals surface area (Å²) in [5.74, 6) is 1.51. The molecule has 4 heterocycles. The Morgan fingerprint density at radius 2 is 2.00 bits per heavy atom. The molecule has 1 saturated heterocycles. The number of nitrogens with one attached hydrogen (secondary N) is 1. The normalized spacial score (nSPS) is 16.3. The Hall–Kier alpha value is -2.47. The van der Waals surface area contributed by atoms with Crippen LogP contribution in [0.25, 0.3) is 5.65 Å². The number of pyridine rings is 1. The molecular formula is C20H26N6. The fourth-order valence-electron chi connectivity index (χ4n) is 3.89. The Kier molecular flexibility index (Phi) is 4.59. The number of rotatable bonds is 4. The van der Waals surface area contributed by atoms with E-state index in [4.69, 9.17) is 4.98 Å². The molecule has 0 unspecified atom stereocenters. The largest absolute Gasteiger partial charge is 0.373 e. The molecule has 0 aromatic carbocycles. The van der Waals surface area contributed by atoms with E-state index in [-0.39, 0.29) is 0 Å². The van der Waals surface area contributed by atoms with E-state index in [9.17, 15) is 0 Å². The van der Waals surface area contributed by atoms with Crippen molar-refractivity contribution in [1.29, 1.82) is 0 Å². The van der Waals surface area contributed by atoms with Crippen molar-refractivity contribution < 1.29 is 0 Å². The van der Waals surface area contributed by atoms with E-state index in [0.717, 1.165) is 55.3 Å². The lowest BCUT2D eigenvalue weighted by molar-refractivity contribution is 0.203. The van der Waals surface area contributed by atoms with Crippen molar-refractivity contribution in [2.24, 2.45) is 0 Å². The highest BCUT2D eigenvalue weighted by Crippen LogP contribution is 2.29. The van der Waals surface area contributed by atoms with E-state index in [1.54, 1.807) is 0 Å². The molecule has 3 aromatic rings. The topological polar surface area (TPSA) is 58.4 Å². The Morgan fingerprint density at radius 1 is 1.19 bits per heavy atom. The van der Waals surface area contributed by atoms with Gasteiger partial charge in [-0.3, -0.25) is 4.90 Å². The number of hydrogen-bond acceptors (Lipinski definition) is 5. The molecule has 0 amide bonds. The van der Waals surface area contributed by atoms with Gasteiger partial charge in [0, 0.05) is 48.7 Å². The Morgan fingerprint density at radius 3 is 2.77 bits per heavy atom. The van der Waals surface area contributed by atoms with Crippen LogP contribution in [0.2, 0.25) is 0 Å². The summed E-state index contributed by atoms with van der Waals surface area (Å²) in [5, 5.41) is 7.70. The third-order valence-corrected chi connectivity index (χ3v) is 5.28. The van der Waals surface area contributed by atoms with Crippen LogP contribution in [0.5, 0.6) is 0 Å². The van der Waals surface area contributed by atoms with Crippen molar-refractivity contribution in [1.82, 2.24) is 24.5 Å². The second kappa shape index (κ2) is 7.03. The van der Waals surface area contributed by atoms with Crippen molar-refractivity contribution in [2.75, 3.05) is 25.5 Å². The zero-order valence-corrected chi connectivity index (χ0v) is 15.7. The lowest BCUT2D eigenvalue weighted by atomic mass is 9.92. The molecular weight excluding hydrogens is 324 g/mol. The van der Waals surface area contributed by atoms with Crippen LogP contribution in [0.3, 0.4) is 0 Å². The van der Waals surface area contributed by atoms with Crippen LogP contribution in [0.15, 0.2) is 30.5 Å². The number of aromatic nitrogens is 4. The van der Waals surface area contributed by atoms with Crippen molar-refractivity contribution >= 4 is 11.5 Å². The highest BCUT2D eigenvalue weighted by molar-refractivity contribution is 5.43. The second-order valence-corrected chi connectivity index (χ2v) is 7.19. The lowest BCUT2D eigenvalue weighted by Gasteiger charge is -2.32. The fraction of sp³-hybridized carbons (Fsp3) is 0.450. The van der Waals surface area contributed by atoms with Crippen LogP contribution in [0.4, 0.5) is 5.82 Å². The smallest absolute Gasteiger partial charge is 0.155 e. The molecule has 4 rings (SSSR count). The first-order chi connectivity index (χ1) is 12.6. The standard InChI is InChI=1S/C20H26N6/c1-14-11-19-23-18(12-15(2)26(19)24-14)16-6-9-25(10-7-16)13-17-5-4-8-22-20(17)21-3/h4-5,8,11-12,16H,6-7,9-10,13H2,1-3H3,(H,21,22). The van der Waals surface area contributed by atoms with Gasteiger partial charge in [-0.15, -0.1) is 0 Å². The van der Waals surface area contributed by atoms with Crippen molar-refractivity contribution in [3.63, 3.8) is 0 Å². The molecule has 0 atom stereocenters. The van der Waals surface area contributed by atoms with E-state index in [1.807, 2.05) is 30.8 Å². The lowest BCUT2D eigenvalue weighted by Crippen LogP contribution is -2.33. The van der Waals surface area contributed by atoms with Gasteiger partial charge in [-0.25, -0.2) is 14.5 Å². The van der Waals surface area contributed by atoms with Gasteiger partial charge in [-0.2, -0.15) is 5.10 Å². The zero-order valence-electron chi connectivity index (χ0n) is 15.7. The Balaban J connectivity index is 1.45. The average molecular weight is 350 g/mol. The van der Waals surface area contributed by atoms with Crippen LogP contribution in [-0.4, -0.2) is 44.6 Å². The van der Waals surface area contributed by atoms with Gasteiger partial charge in [0.25, 0.3) is 0 Å². The Bertz CT molecular complexity index is 908. The SMILES string of the molecule is CNc1ncccc1CN1CCC(c2cc(C)n3nc(C)cc3n2)CC1. The van der Waals surface area contributed by atoms with Crippen molar-refractivity contribution in [3.05, 3.63) is 53.1 Å². The summed E-state index contributed by atoms with van der Waals surface area (Å²) in [6.07, 6.45) is 4.12. The van der Waals surface area contributed by atoms with Gasteiger partial charge < -0.3 is 5.32 Å². The molecule has 0 aliphatic carbocycles. The summed E-state index contributed by atoms with van der Waals surface area (Å²) < 4.78 is 1.94. The van der Waals surface area contributed by atoms with Gasteiger partial charge in [-0.05, 0) is 51.9 Å². The highest BCUT2D eigenvalue weighted by Gasteiger charge is 2.23. The van der Waals surface area contributed by atoms with E-state index in [1.165, 1.54) is 11.3 Å². The van der Waals surface area contributed by atoms with Crippen molar-refractivity contribution in [3.8, 4) is 0 Å². The predicted molar refractivity (Wildman–Crippen MR) is 103 cm³/mol. The second-order valence-electron chi connectivity index (χ2n) is 7.19. The summed E-state index contributed by atoms with van der Waals surface area (Å²) >= 11 is 0. The molecule has 0 spiro atoms. The van der Waals surface area contributed by atoms with Crippen LogP contribution >= 0.6 is 0 Å². The van der Waals surface area contributed by atoms with Crippen LogP contribution in [0, 0.1) is 13.8 Å². The maximum atomic E-state index is 4.88. The third-order valence-electron chi connectivity index (χ3n) is 5.28. The van der Waals surface area contributed by atoms with Crippen LogP contribution in [-0.2, 0) is 6.54 Å². The monoisotopic (exact) mass is 350 g/mol. The van der Waals surface area contributed by atoms with E-state index in [2.05, 4.69) is 45.4 Å². The Labute approximate surface area is 154 Å². The fourth-order valence-corrected chi connectivity index (χ4v) is 3.89. The predicted octanol–water partition coefficient (Wildman–Crippen LogP) is 3.16. The molecule has 0 saturated carbocycles. The molecule has 3 aromatic heterocycles. The maximum Gasteiger partial charge on any atom is 0.155 e. The van der Waals surface area contributed by atoms with Crippen LogP contribution < -0.4 is 5.32 Å². The average Bonchev–Trinajstić information content (AvgIpc) is 3.04. The minimum atomic E-state index is 0.530. The summed E-state index contributed by atoms with van der Waals surface area (Å²) in [6, 6.07) is 8.44. The first kappa shape index (κ1) is 17.0. The minimum Gasteiger partial charge on any atom is -0.373 e. The third kappa shape index (κ3) is 3.29. The molecule has 1 aliphatic rings. The number of fused-ring (bicyclic) bond motifs is 1. The van der Waals surface area contributed by atoms with E-state index in [0.29, 0.717) is 5.92 Å². The molecule has 0 bridgehead atoms. The maximum absolute atomic E-state index is 4.88. The van der Waals surface area contributed by atoms with Gasteiger partial charge in [0.2, 0.25) is 0 Å². The highest BCUT2D eigenvalue weighted by atomic mass is 15.3. The quantitative estimate of drug-likeness (QED) is 0.783. The molecule has 6 heteroatoms. The number of piperidine rings is 1. The molecule has 0 radical (unpaired) electrons.